The van der Waals surface area contributed by atoms with E-state index in [9.17, 15) is 4.79 Å². The van der Waals surface area contributed by atoms with Gasteiger partial charge in [0.1, 0.15) is 0 Å². The molecule has 6 heteroatoms. The van der Waals surface area contributed by atoms with Crippen LogP contribution in [-0.4, -0.2) is 61.3 Å². The summed E-state index contributed by atoms with van der Waals surface area (Å²) in [4.78, 5) is 17.3. The summed E-state index contributed by atoms with van der Waals surface area (Å²) in [5, 5.41) is 8.08. The Balaban J connectivity index is 2.05. The quantitative estimate of drug-likeness (QED) is 0.750. The summed E-state index contributed by atoms with van der Waals surface area (Å²) in [7, 11) is 3.89. The summed E-state index contributed by atoms with van der Waals surface area (Å²) < 4.78 is 0. The molecule has 0 saturated carbocycles. The highest BCUT2D eigenvalue weighted by molar-refractivity contribution is 5.73. The Hall–Kier alpha value is -1.85. The minimum atomic E-state index is 0.150. The summed E-state index contributed by atoms with van der Waals surface area (Å²) in [6.07, 6.45) is 1.77. The van der Waals surface area contributed by atoms with Crippen molar-refractivity contribution in [3.05, 3.63) is 12.3 Å². The average molecular weight is 249 g/mol. The molecule has 0 aromatic carbocycles. The van der Waals surface area contributed by atoms with Crippen molar-refractivity contribution in [3.63, 3.8) is 0 Å². The summed E-state index contributed by atoms with van der Waals surface area (Å²) in [6.45, 7) is 4.86. The lowest BCUT2D eigenvalue weighted by Gasteiger charge is -2.35. The van der Waals surface area contributed by atoms with E-state index in [2.05, 4.69) is 15.1 Å². The van der Waals surface area contributed by atoms with Gasteiger partial charge < -0.3 is 14.7 Å². The lowest BCUT2D eigenvalue weighted by Crippen LogP contribution is -2.48. The molecule has 0 aliphatic carbocycles. The zero-order chi connectivity index (χ0) is 13.1. The van der Waals surface area contributed by atoms with Gasteiger partial charge in [0, 0.05) is 53.3 Å². The maximum absolute atomic E-state index is 11.3. The van der Waals surface area contributed by atoms with Gasteiger partial charge in [-0.05, 0) is 0 Å². The SMILES string of the molecule is CC(=O)N1CCN(c2cnnc(N(C)C)c2)CC1. The first-order valence-electron chi connectivity index (χ1n) is 6.08. The normalized spacial score (nSPS) is 15.7. The number of carbonyl (C=O) groups is 1. The van der Waals surface area contributed by atoms with Crippen molar-refractivity contribution < 1.29 is 4.79 Å². The molecule has 98 valence electrons. The molecule has 0 atom stereocenters. The first-order chi connectivity index (χ1) is 8.58. The highest BCUT2D eigenvalue weighted by atomic mass is 16.2. The fraction of sp³-hybridized carbons (Fsp3) is 0.583. The number of anilines is 2. The van der Waals surface area contributed by atoms with Crippen LogP contribution in [0, 0.1) is 0 Å². The standard InChI is InChI=1S/C12H19N5O/c1-10(18)16-4-6-17(7-5-16)11-8-12(15(2)3)14-13-9-11/h8-9H,4-7H2,1-3H3. The molecule has 2 heterocycles. The maximum atomic E-state index is 11.3. The topological polar surface area (TPSA) is 52.6 Å². The van der Waals surface area contributed by atoms with Gasteiger partial charge in [-0.1, -0.05) is 0 Å². The third kappa shape index (κ3) is 2.69. The number of hydrogen-bond acceptors (Lipinski definition) is 5. The Bertz CT molecular complexity index is 426. The number of rotatable bonds is 2. The molecule has 0 N–H and O–H groups in total. The van der Waals surface area contributed by atoms with Crippen molar-refractivity contribution in [1.82, 2.24) is 15.1 Å². The van der Waals surface area contributed by atoms with Crippen LogP contribution < -0.4 is 9.80 Å². The molecule has 1 aromatic heterocycles. The molecule has 6 nitrogen and oxygen atoms in total. The molecule has 1 amide bonds. The molecular formula is C12H19N5O. The van der Waals surface area contributed by atoms with Gasteiger partial charge in [0.05, 0.1) is 11.9 Å². The third-order valence-electron chi connectivity index (χ3n) is 3.18. The molecule has 1 aliphatic heterocycles. The largest absolute Gasteiger partial charge is 0.367 e. The van der Waals surface area contributed by atoms with Crippen molar-refractivity contribution in [2.45, 2.75) is 6.92 Å². The van der Waals surface area contributed by atoms with E-state index in [1.807, 2.05) is 30.0 Å². The smallest absolute Gasteiger partial charge is 0.219 e. The van der Waals surface area contributed by atoms with Crippen molar-refractivity contribution in [3.8, 4) is 0 Å². The van der Waals surface area contributed by atoms with Crippen LogP contribution in [0.25, 0.3) is 0 Å². The van der Waals surface area contributed by atoms with Crippen LogP contribution in [0.4, 0.5) is 11.5 Å². The minimum Gasteiger partial charge on any atom is -0.367 e. The fourth-order valence-corrected chi connectivity index (χ4v) is 2.02. The monoisotopic (exact) mass is 249 g/mol. The highest BCUT2D eigenvalue weighted by Crippen LogP contribution is 2.18. The van der Waals surface area contributed by atoms with Crippen LogP contribution in [0.2, 0.25) is 0 Å². The molecule has 0 unspecified atom stereocenters. The van der Waals surface area contributed by atoms with Crippen molar-refractivity contribution in [1.29, 1.82) is 0 Å². The lowest BCUT2D eigenvalue weighted by molar-refractivity contribution is -0.129. The van der Waals surface area contributed by atoms with Gasteiger partial charge in [0.15, 0.2) is 5.82 Å². The van der Waals surface area contributed by atoms with E-state index < -0.39 is 0 Å². The Morgan fingerprint density at radius 2 is 1.94 bits per heavy atom. The summed E-state index contributed by atoms with van der Waals surface area (Å²) in [6, 6.07) is 2.02. The van der Waals surface area contributed by atoms with E-state index in [1.165, 1.54) is 0 Å². The molecule has 1 fully saturated rings. The molecule has 1 saturated heterocycles. The predicted molar refractivity (Wildman–Crippen MR) is 70.8 cm³/mol. The van der Waals surface area contributed by atoms with Crippen molar-refractivity contribution >= 4 is 17.4 Å². The van der Waals surface area contributed by atoms with E-state index in [0.717, 1.165) is 37.7 Å². The van der Waals surface area contributed by atoms with Crippen LogP contribution in [0.5, 0.6) is 0 Å². The Labute approximate surface area is 107 Å². The number of carbonyl (C=O) groups excluding carboxylic acids is 1. The van der Waals surface area contributed by atoms with Gasteiger partial charge in [-0.25, -0.2) is 0 Å². The van der Waals surface area contributed by atoms with E-state index >= 15 is 0 Å². The summed E-state index contributed by atoms with van der Waals surface area (Å²) in [5.74, 6) is 0.998. The minimum absolute atomic E-state index is 0.150. The molecule has 0 radical (unpaired) electrons. The molecule has 1 aliphatic rings. The molecular weight excluding hydrogens is 230 g/mol. The molecule has 2 rings (SSSR count). The number of nitrogens with zero attached hydrogens (tertiary/aromatic N) is 5. The van der Waals surface area contributed by atoms with Crippen molar-refractivity contribution in [2.24, 2.45) is 0 Å². The third-order valence-corrected chi connectivity index (χ3v) is 3.18. The first-order valence-corrected chi connectivity index (χ1v) is 6.08. The van der Waals surface area contributed by atoms with Gasteiger partial charge in [-0.15, -0.1) is 5.10 Å². The van der Waals surface area contributed by atoms with Crippen LogP contribution in [0.3, 0.4) is 0 Å². The first kappa shape index (κ1) is 12.6. The second-order valence-electron chi connectivity index (χ2n) is 4.66. The van der Waals surface area contributed by atoms with E-state index in [4.69, 9.17) is 0 Å². The van der Waals surface area contributed by atoms with E-state index in [-0.39, 0.29) is 5.91 Å². The highest BCUT2D eigenvalue weighted by Gasteiger charge is 2.19. The number of piperazine rings is 1. The van der Waals surface area contributed by atoms with Gasteiger partial charge >= 0.3 is 0 Å². The number of aromatic nitrogens is 2. The second-order valence-corrected chi connectivity index (χ2v) is 4.66. The van der Waals surface area contributed by atoms with Crippen LogP contribution >= 0.6 is 0 Å². The second kappa shape index (κ2) is 5.20. The Morgan fingerprint density at radius 1 is 1.28 bits per heavy atom. The lowest BCUT2D eigenvalue weighted by atomic mass is 10.3. The van der Waals surface area contributed by atoms with Crippen LogP contribution in [0.1, 0.15) is 6.92 Å². The van der Waals surface area contributed by atoms with E-state index in [0.29, 0.717) is 0 Å². The summed E-state index contributed by atoms with van der Waals surface area (Å²) >= 11 is 0. The Morgan fingerprint density at radius 3 is 2.50 bits per heavy atom. The Kier molecular flexibility index (Phi) is 3.64. The predicted octanol–water partition coefficient (Wildman–Crippen LogP) is 0.211. The van der Waals surface area contributed by atoms with Gasteiger partial charge in [-0.3, -0.25) is 4.79 Å². The molecule has 0 bridgehead atoms. The fourth-order valence-electron chi connectivity index (χ4n) is 2.02. The number of amides is 1. The molecule has 0 spiro atoms. The van der Waals surface area contributed by atoms with Crippen LogP contribution in [0.15, 0.2) is 12.3 Å². The zero-order valence-corrected chi connectivity index (χ0v) is 11.1. The van der Waals surface area contributed by atoms with Crippen molar-refractivity contribution in [2.75, 3.05) is 50.1 Å². The maximum Gasteiger partial charge on any atom is 0.219 e. The molecule has 1 aromatic rings. The van der Waals surface area contributed by atoms with E-state index in [1.54, 1.807) is 13.1 Å². The van der Waals surface area contributed by atoms with Crippen LogP contribution in [-0.2, 0) is 4.79 Å². The zero-order valence-electron chi connectivity index (χ0n) is 11.1. The van der Waals surface area contributed by atoms with Gasteiger partial charge in [0.2, 0.25) is 5.91 Å². The molecule has 18 heavy (non-hydrogen) atoms. The number of hydrogen-bond donors (Lipinski definition) is 0. The van der Waals surface area contributed by atoms with Gasteiger partial charge in [0.25, 0.3) is 0 Å². The summed E-state index contributed by atoms with van der Waals surface area (Å²) in [5.41, 5.74) is 1.07. The average Bonchev–Trinajstić information content (AvgIpc) is 2.39. The van der Waals surface area contributed by atoms with Gasteiger partial charge in [-0.2, -0.15) is 5.10 Å².